The minimum Gasteiger partial charge on any atom is -0.312 e. The van der Waals surface area contributed by atoms with Crippen molar-refractivity contribution in [3.05, 3.63) is 34.9 Å². The summed E-state index contributed by atoms with van der Waals surface area (Å²) in [5, 5.41) is 3.68. The quantitative estimate of drug-likeness (QED) is 0.831. The second-order valence-corrected chi connectivity index (χ2v) is 6.33. The van der Waals surface area contributed by atoms with Crippen LogP contribution >= 0.6 is 0 Å². The normalized spacial score (nSPS) is 18.8. The van der Waals surface area contributed by atoms with E-state index in [1.807, 2.05) is 0 Å². The van der Waals surface area contributed by atoms with Crippen LogP contribution in [0.15, 0.2) is 18.2 Å². The third kappa shape index (κ3) is 3.35. The second kappa shape index (κ2) is 5.88. The highest BCUT2D eigenvalue weighted by atomic mass is 14.9. The molecule has 0 amide bonds. The van der Waals surface area contributed by atoms with Crippen LogP contribution in [0.25, 0.3) is 0 Å². The molecule has 0 heterocycles. The lowest BCUT2D eigenvalue weighted by molar-refractivity contribution is 0.207. The van der Waals surface area contributed by atoms with Crippen molar-refractivity contribution in [2.75, 3.05) is 6.54 Å². The molecule has 1 nitrogen and oxygen atoms in total. The summed E-state index contributed by atoms with van der Waals surface area (Å²) in [4.78, 5) is 0. The molecule has 1 aromatic carbocycles. The zero-order valence-corrected chi connectivity index (χ0v) is 12.2. The predicted molar refractivity (Wildman–Crippen MR) is 78.8 cm³/mol. The largest absolute Gasteiger partial charge is 0.312 e. The molecule has 0 aromatic heterocycles. The van der Waals surface area contributed by atoms with E-state index in [2.05, 4.69) is 44.3 Å². The summed E-state index contributed by atoms with van der Waals surface area (Å²) >= 11 is 0. The van der Waals surface area contributed by atoms with Crippen LogP contribution < -0.4 is 5.32 Å². The summed E-state index contributed by atoms with van der Waals surface area (Å²) in [5.41, 5.74) is 4.84. The molecule has 1 aliphatic rings. The molecule has 100 valence electrons. The molecule has 1 aliphatic carbocycles. The number of nitrogens with one attached hydrogen (secondary N) is 1. The van der Waals surface area contributed by atoms with Gasteiger partial charge in [0, 0.05) is 13.1 Å². The summed E-state index contributed by atoms with van der Waals surface area (Å²) in [6.07, 6.45) is 7.06. The fourth-order valence-electron chi connectivity index (χ4n) is 3.08. The van der Waals surface area contributed by atoms with Gasteiger partial charge < -0.3 is 5.32 Å². The average Bonchev–Trinajstić information content (AvgIpc) is 2.35. The van der Waals surface area contributed by atoms with Gasteiger partial charge in [-0.25, -0.2) is 0 Å². The predicted octanol–water partition coefficient (Wildman–Crippen LogP) is 4.36. The van der Waals surface area contributed by atoms with E-state index in [-0.39, 0.29) is 0 Å². The Morgan fingerprint density at radius 3 is 2.56 bits per heavy atom. The molecule has 0 bridgehead atoms. The molecule has 1 heteroatoms. The van der Waals surface area contributed by atoms with Crippen molar-refractivity contribution in [3.8, 4) is 0 Å². The molecule has 0 radical (unpaired) electrons. The van der Waals surface area contributed by atoms with Gasteiger partial charge in [-0.2, -0.15) is 0 Å². The van der Waals surface area contributed by atoms with Gasteiger partial charge in [0.25, 0.3) is 0 Å². The van der Waals surface area contributed by atoms with E-state index < -0.39 is 0 Å². The Kier molecular flexibility index (Phi) is 4.45. The highest BCUT2D eigenvalue weighted by molar-refractivity contribution is 5.32. The first-order valence-electron chi connectivity index (χ1n) is 7.37. The number of hydrogen-bond acceptors (Lipinski definition) is 1. The lowest BCUT2D eigenvalue weighted by atomic mass is 9.76. The van der Waals surface area contributed by atoms with Gasteiger partial charge in [0.1, 0.15) is 0 Å². The van der Waals surface area contributed by atoms with Crippen LogP contribution in [-0.2, 0) is 6.54 Å². The van der Waals surface area contributed by atoms with Gasteiger partial charge in [0.2, 0.25) is 0 Å². The summed E-state index contributed by atoms with van der Waals surface area (Å²) in [5.74, 6) is 0. The van der Waals surface area contributed by atoms with E-state index in [0.29, 0.717) is 5.41 Å². The maximum absolute atomic E-state index is 3.68. The highest BCUT2D eigenvalue weighted by Gasteiger charge is 2.25. The zero-order chi connectivity index (χ0) is 13.0. The van der Waals surface area contributed by atoms with Crippen molar-refractivity contribution in [1.82, 2.24) is 5.32 Å². The fraction of sp³-hybridized carbons (Fsp3) is 0.647. The van der Waals surface area contributed by atoms with Crippen molar-refractivity contribution in [3.63, 3.8) is 0 Å². The van der Waals surface area contributed by atoms with Crippen molar-refractivity contribution in [2.24, 2.45) is 5.41 Å². The Bertz CT molecular complexity index is 389. The van der Waals surface area contributed by atoms with E-state index in [9.17, 15) is 0 Å². The highest BCUT2D eigenvalue weighted by Crippen LogP contribution is 2.34. The molecular weight excluding hydrogens is 218 g/mol. The maximum atomic E-state index is 3.68. The second-order valence-electron chi connectivity index (χ2n) is 6.33. The molecule has 0 aliphatic heterocycles. The molecule has 1 saturated carbocycles. The lowest BCUT2D eigenvalue weighted by Crippen LogP contribution is -2.33. The van der Waals surface area contributed by atoms with Gasteiger partial charge in [-0.15, -0.1) is 0 Å². The Morgan fingerprint density at radius 1 is 1.11 bits per heavy atom. The van der Waals surface area contributed by atoms with Gasteiger partial charge >= 0.3 is 0 Å². The molecule has 0 unspecified atom stereocenters. The van der Waals surface area contributed by atoms with Crippen LogP contribution in [0.4, 0.5) is 0 Å². The molecule has 2 rings (SSSR count). The first kappa shape index (κ1) is 13.6. The summed E-state index contributed by atoms with van der Waals surface area (Å²) in [6.45, 7) is 9.06. The van der Waals surface area contributed by atoms with Crippen LogP contribution in [0.3, 0.4) is 0 Å². The first-order chi connectivity index (χ1) is 8.61. The molecule has 1 fully saturated rings. The molecule has 0 spiro atoms. The van der Waals surface area contributed by atoms with Gasteiger partial charge in [-0.05, 0) is 48.8 Å². The Hall–Kier alpha value is -0.820. The Balaban J connectivity index is 1.86. The van der Waals surface area contributed by atoms with Crippen molar-refractivity contribution >= 4 is 0 Å². The first-order valence-corrected chi connectivity index (χ1v) is 7.37. The molecule has 0 atom stereocenters. The van der Waals surface area contributed by atoms with Gasteiger partial charge in [-0.3, -0.25) is 0 Å². The van der Waals surface area contributed by atoms with Crippen LogP contribution in [0.2, 0.25) is 0 Å². The van der Waals surface area contributed by atoms with Crippen LogP contribution in [-0.4, -0.2) is 6.54 Å². The Labute approximate surface area is 112 Å². The van der Waals surface area contributed by atoms with Gasteiger partial charge in [0.15, 0.2) is 0 Å². The van der Waals surface area contributed by atoms with Crippen molar-refractivity contribution in [1.29, 1.82) is 0 Å². The van der Waals surface area contributed by atoms with E-state index >= 15 is 0 Å². The minimum absolute atomic E-state index is 0.538. The SMILES string of the molecule is Cc1cccc(CNCC2(C)CCCCC2)c1C. The number of rotatable bonds is 4. The molecular formula is C17H27N. The zero-order valence-electron chi connectivity index (χ0n) is 12.2. The number of aryl methyl sites for hydroxylation is 1. The Morgan fingerprint density at radius 2 is 1.83 bits per heavy atom. The fourth-order valence-corrected chi connectivity index (χ4v) is 3.08. The van der Waals surface area contributed by atoms with E-state index in [4.69, 9.17) is 0 Å². The molecule has 18 heavy (non-hydrogen) atoms. The molecule has 1 N–H and O–H groups in total. The maximum Gasteiger partial charge on any atom is 0.0208 e. The minimum atomic E-state index is 0.538. The van der Waals surface area contributed by atoms with E-state index in [0.717, 1.165) is 6.54 Å². The average molecular weight is 245 g/mol. The van der Waals surface area contributed by atoms with E-state index in [1.165, 1.54) is 55.3 Å². The van der Waals surface area contributed by atoms with Crippen LogP contribution in [0.5, 0.6) is 0 Å². The number of hydrogen-bond donors (Lipinski definition) is 1. The summed E-state index contributed by atoms with van der Waals surface area (Å²) in [6, 6.07) is 6.61. The third-order valence-corrected chi connectivity index (χ3v) is 4.64. The van der Waals surface area contributed by atoms with E-state index in [1.54, 1.807) is 0 Å². The topological polar surface area (TPSA) is 12.0 Å². The summed E-state index contributed by atoms with van der Waals surface area (Å²) < 4.78 is 0. The summed E-state index contributed by atoms with van der Waals surface area (Å²) in [7, 11) is 0. The van der Waals surface area contributed by atoms with Gasteiger partial charge in [-0.1, -0.05) is 44.4 Å². The standard InChI is InChI=1S/C17H27N/c1-14-8-7-9-16(15(14)2)12-18-13-17(3)10-5-4-6-11-17/h7-9,18H,4-6,10-13H2,1-3H3. The van der Waals surface area contributed by atoms with Crippen molar-refractivity contribution in [2.45, 2.75) is 59.4 Å². The molecule has 0 saturated heterocycles. The number of benzene rings is 1. The smallest absolute Gasteiger partial charge is 0.0208 e. The third-order valence-electron chi connectivity index (χ3n) is 4.64. The van der Waals surface area contributed by atoms with Crippen LogP contribution in [0.1, 0.15) is 55.7 Å². The monoisotopic (exact) mass is 245 g/mol. The molecule has 1 aromatic rings. The lowest BCUT2D eigenvalue weighted by Gasteiger charge is -2.34. The van der Waals surface area contributed by atoms with Crippen LogP contribution in [0, 0.1) is 19.3 Å². The van der Waals surface area contributed by atoms with Gasteiger partial charge in [0.05, 0.1) is 0 Å². The van der Waals surface area contributed by atoms with Crippen molar-refractivity contribution < 1.29 is 0 Å².